The van der Waals surface area contributed by atoms with Crippen LogP contribution in [0.25, 0.3) is 0 Å². The molecular weight excluding hydrogens is 246 g/mol. The van der Waals surface area contributed by atoms with E-state index in [1.807, 2.05) is 0 Å². The Hall–Kier alpha value is -2.04. The van der Waals surface area contributed by atoms with Gasteiger partial charge >= 0.3 is 5.97 Å². The summed E-state index contributed by atoms with van der Waals surface area (Å²) in [5.74, 6) is -0.473. The predicted octanol–water partition coefficient (Wildman–Crippen LogP) is 1.30. The van der Waals surface area contributed by atoms with E-state index in [4.69, 9.17) is 10.2 Å². The number of aliphatic carboxylic acids is 1. The Kier molecular flexibility index (Phi) is 4.04. The van der Waals surface area contributed by atoms with E-state index in [1.54, 1.807) is 24.3 Å². The number of carbonyl (C=O) groups is 2. The van der Waals surface area contributed by atoms with Gasteiger partial charge < -0.3 is 15.5 Å². The number of phenols is 1. The van der Waals surface area contributed by atoms with Crippen LogP contribution >= 0.6 is 0 Å². The third kappa shape index (κ3) is 3.98. The molecule has 0 unspecified atom stereocenters. The van der Waals surface area contributed by atoms with Gasteiger partial charge in [0.2, 0.25) is 5.91 Å². The predicted molar refractivity (Wildman–Crippen MR) is 68.7 cm³/mol. The number of carboxylic acid groups (broad SMARTS) is 1. The van der Waals surface area contributed by atoms with Gasteiger partial charge in [-0.1, -0.05) is 12.1 Å². The van der Waals surface area contributed by atoms with E-state index >= 15 is 0 Å². The summed E-state index contributed by atoms with van der Waals surface area (Å²) in [5, 5.41) is 20.7. The van der Waals surface area contributed by atoms with Gasteiger partial charge in [0, 0.05) is 12.5 Å². The quantitative estimate of drug-likeness (QED) is 0.747. The largest absolute Gasteiger partial charge is 0.508 e. The van der Waals surface area contributed by atoms with Crippen molar-refractivity contribution >= 4 is 11.9 Å². The van der Waals surface area contributed by atoms with Crippen LogP contribution in [0.5, 0.6) is 5.75 Å². The molecular formula is C14H17NO4. The smallest absolute Gasteiger partial charge is 0.303 e. The number of carboxylic acids is 1. The third-order valence-electron chi connectivity index (χ3n) is 3.37. The molecule has 1 amide bonds. The highest BCUT2D eigenvalue weighted by molar-refractivity contribution is 5.79. The van der Waals surface area contributed by atoms with Gasteiger partial charge in [0.1, 0.15) is 5.75 Å². The molecule has 1 aliphatic carbocycles. The van der Waals surface area contributed by atoms with Crippen molar-refractivity contribution in [1.82, 2.24) is 5.32 Å². The Morgan fingerprint density at radius 2 is 1.84 bits per heavy atom. The van der Waals surface area contributed by atoms with Gasteiger partial charge in [-0.3, -0.25) is 9.59 Å². The lowest BCUT2D eigenvalue weighted by molar-refractivity contribution is -0.138. The van der Waals surface area contributed by atoms with E-state index in [0.29, 0.717) is 0 Å². The second kappa shape index (κ2) is 5.73. The van der Waals surface area contributed by atoms with Crippen LogP contribution in [0.3, 0.4) is 0 Å². The second-order valence-corrected chi connectivity index (χ2v) is 5.04. The lowest BCUT2D eigenvalue weighted by Gasteiger charge is -2.34. The van der Waals surface area contributed by atoms with E-state index < -0.39 is 5.97 Å². The van der Waals surface area contributed by atoms with Crippen LogP contribution in [0.15, 0.2) is 24.3 Å². The number of rotatable bonds is 5. The topological polar surface area (TPSA) is 86.6 Å². The maximum absolute atomic E-state index is 11.7. The molecule has 0 bridgehead atoms. The van der Waals surface area contributed by atoms with Crippen molar-refractivity contribution < 1.29 is 19.8 Å². The Bertz CT molecular complexity index is 463. The van der Waals surface area contributed by atoms with Crippen LogP contribution < -0.4 is 5.32 Å². The molecule has 2 rings (SSSR count). The number of nitrogens with one attached hydrogen (secondary N) is 1. The van der Waals surface area contributed by atoms with Crippen LogP contribution in [0, 0.1) is 5.92 Å². The minimum absolute atomic E-state index is 0.0653. The molecule has 0 aliphatic heterocycles. The summed E-state index contributed by atoms with van der Waals surface area (Å²) in [6.07, 6.45) is 1.95. The van der Waals surface area contributed by atoms with Crippen molar-refractivity contribution in [2.24, 2.45) is 5.92 Å². The SMILES string of the molecule is O=C(O)CC1CC(NC(=O)Cc2ccc(O)cc2)C1. The first-order valence-corrected chi connectivity index (χ1v) is 6.32. The van der Waals surface area contributed by atoms with Crippen molar-refractivity contribution in [1.29, 1.82) is 0 Å². The summed E-state index contributed by atoms with van der Waals surface area (Å²) in [6, 6.07) is 6.63. The highest BCUT2D eigenvalue weighted by Crippen LogP contribution is 2.30. The summed E-state index contributed by atoms with van der Waals surface area (Å²) in [4.78, 5) is 22.2. The summed E-state index contributed by atoms with van der Waals surface area (Å²) < 4.78 is 0. The van der Waals surface area contributed by atoms with Crippen molar-refractivity contribution in [3.8, 4) is 5.75 Å². The van der Waals surface area contributed by atoms with Gasteiger partial charge in [-0.25, -0.2) is 0 Å². The van der Waals surface area contributed by atoms with E-state index in [-0.39, 0.29) is 36.5 Å². The number of carbonyl (C=O) groups excluding carboxylic acids is 1. The van der Waals surface area contributed by atoms with Crippen LogP contribution in [-0.2, 0) is 16.0 Å². The molecule has 3 N–H and O–H groups in total. The maximum atomic E-state index is 11.7. The van der Waals surface area contributed by atoms with E-state index in [1.165, 1.54) is 0 Å². The molecule has 1 aromatic rings. The summed E-state index contributed by atoms with van der Waals surface area (Å²) in [7, 11) is 0. The van der Waals surface area contributed by atoms with Gasteiger partial charge in [0.05, 0.1) is 6.42 Å². The average Bonchev–Trinajstić information content (AvgIpc) is 2.29. The molecule has 5 nitrogen and oxygen atoms in total. The highest BCUT2D eigenvalue weighted by atomic mass is 16.4. The van der Waals surface area contributed by atoms with E-state index in [0.717, 1.165) is 18.4 Å². The Balaban J connectivity index is 1.71. The van der Waals surface area contributed by atoms with Crippen LogP contribution in [0.1, 0.15) is 24.8 Å². The van der Waals surface area contributed by atoms with Gasteiger partial charge in [-0.2, -0.15) is 0 Å². The van der Waals surface area contributed by atoms with Gasteiger partial charge in [0.15, 0.2) is 0 Å². The number of amides is 1. The van der Waals surface area contributed by atoms with Crippen molar-refractivity contribution in [2.75, 3.05) is 0 Å². The monoisotopic (exact) mass is 263 g/mol. The number of hydrogen-bond donors (Lipinski definition) is 3. The fourth-order valence-corrected chi connectivity index (χ4v) is 2.35. The first kappa shape index (κ1) is 13.4. The van der Waals surface area contributed by atoms with Gasteiger partial charge in [-0.05, 0) is 36.5 Å². The van der Waals surface area contributed by atoms with Crippen LogP contribution in [0.2, 0.25) is 0 Å². The molecule has 1 saturated carbocycles. The minimum atomic E-state index is -0.779. The lowest BCUT2D eigenvalue weighted by Crippen LogP contribution is -2.45. The molecule has 0 saturated heterocycles. The molecule has 1 aliphatic rings. The fraction of sp³-hybridized carbons (Fsp3) is 0.429. The molecule has 5 heteroatoms. The number of hydrogen-bond acceptors (Lipinski definition) is 3. The van der Waals surface area contributed by atoms with Gasteiger partial charge in [-0.15, -0.1) is 0 Å². The summed E-state index contributed by atoms with van der Waals surface area (Å²) >= 11 is 0. The number of aromatic hydroxyl groups is 1. The first-order valence-electron chi connectivity index (χ1n) is 6.32. The maximum Gasteiger partial charge on any atom is 0.303 e. The van der Waals surface area contributed by atoms with Crippen molar-refractivity contribution in [3.63, 3.8) is 0 Å². The molecule has 0 radical (unpaired) electrons. The first-order chi connectivity index (χ1) is 9.02. The Morgan fingerprint density at radius 1 is 1.21 bits per heavy atom. The van der Waals surface area contributed by atoms with E-state index in [9.17, 15) is 9.59 Å². The molecule has 0 heterocycles. The standard InChI is InChI=1S/C14H17NO4/c16-12-3-1-9(2-4-12)7-13(17)15-11-5-10(6-11)8-14(18)19/h1-4,10-11,16H,5-8H2,(H,15,17)(H,18,19). The zero-order valence-corrected chi connectivity index (χ0v) is 10.5. The molecule has 1 aromatic carbocycles. The normalized spacial score (nSPS) is 21.5. The Labute approximate surface area is 111 Å². The van der Waals surface area contributed by atoms with Crippen molar-refractivity contribution in [3.05, 3.63) is 29.8 Å². The molecule has 0 atom stereocenters. The van der Waals surface area contributed by atoms with Gasteiger partial charge in [0.25, 0.3) is 0 Å². The molecule has 1 fully saturated rings. The third-order valence-corrected chi connectivity index (χ3v) is 3.37. The summed E-state index contributed by atoms with van der Waals surface area (Å²) in [6.45, 7) is 0. The molecule has 19 heavy (non-hydrogen) atoms. The molecule has 102 valence electrons. The number of benzene rings is 1. The zero-order chi connectivity index (χ0) is 13.8. The minimum Gasteiger partial charge on any atom is -0.508 e. The van der Waals surface area contributed by atoms with E-state index in [2.05, 4.69) is 5.32 Å². The zero-order valence-electron chi connectivity index (χ0n) is 10.5. The van der Waals surface area contributed by atoms with Crippen molar-refractivity contribution in [2.45, 2.75) is 31.7 Å². The van der Waals surface area contributed by atoms with Crippen LogP contribution in [0.4, 0.5) is 0 Å². The average molecular weight is 263 g/mol. The Morgan fingerprint density at radius 3 is 2.42 bits per heavy atom. The van der Waals surface area contributed by atoms with Crippen LogP contribution in [-0.4, -0.2) is 28.1 Å². The second-order valence-electron chi connectivity index (χ2n) is 5.04. The fourth-order valence-electron chi connectivity index (χ4n) is 2.35. The number of phenolic OH excluding ortho intramolecular Hbond substituents is 1. The lowest BCUT2D eigenvalue weighted by atomic mass is 9.78. The molecule has 0 aromatic heterocycles. The summed E-state index contributed by atoms with van der Waals surface area (Å²) in [5.41, 5.74) is 0.844. The highest BCUT2D eigenvalue weighted by Gasteiger charge is 2.31. The molecule has 0 spiro atoms.